The van der Waals surface area contributed by atoms with Crippen molar-refractivity contribution in [1.29, 1.82) is 0 Å². The van der Waals surface area contributed by atoms with Crippen LogP contribution in [0.25, 0.3) is 16.8 Å². The molecule has 0 spiro atoms. The number of anilines is 2. The van der Waals surface area contributed by atoms with E-state index >= 15 is 0 Å². The highest BCUT2D eigenvalue weighted by atomic mass is 16.6. The normalized spacial score (nSPS) is 15.9. The Kier molecular flexibility index (Phi) is 7.17. The van der Waals surface area contributed by atoms with Crippen LogP contribution in [0.3, 0.4) is 0 Å². The number of carbonyl (C=O) groups is 1. The van der Waals surface area contributed by atoms with E-state index in [0.717, 1.165) is 46.7 Å². The number of hydrogen-bond acceptors (Lipinski definition) is 8. The fraction of sp³-hybridized carbons (Fsp3) is 0.429. The van der Waals surface area contributed by atoms with Gasteiger partial charge < -0.3 is 24.8 Å². The molecule has 11 heteroatoms. The molecule has 206 valence electrons. The van der Waals surface area contributed by atoms with E-state index in [2.05, 4.69) is 15.5 Å². The predicted octanol–water partition coefficient (Wildman–Crippen LogP) is 4.62. The molecule has 1 aromatic carbocycles. The van der Waals surface area contributed by atoms with E-state index in [0.29, 0.717) is 24.5 Å². The minimum atomic E-state index is -0.551. The standard InChI is InChI=1S/C28H35N7O4/c1-18-11-21(8-9-24(18)38-17-36)31-25-12-23(19-7-6-10-34(16-19)27(37)39-28(2,3)4)32-26-22(14-30-35(25)26)20-13-29-33(5)15-20/h8-9,11-15,19,31,36H,6-7,10,16-17H2,1-5H3. The number of aromatic nitrogens is 5. The van der Waals surface area contributed by atoms with Crippen molar-refractivity contribution < 1.29 is 19.4 Å². The maximum atomic E-state index is 12.8. The molecule has 3 aromatic heterocycles. The molecule has 4 aromatic rings. The summed E-state index contributed by atoms with van der Waals surface area (Å²) in [6.45, 7) is 8.37. The average molecular weight is 534 g/mol. The fourth-order valence-electron chi connectivity index (χ4n) is 4.86. The molecule has 1 fully saturated rings. The van der Waals surface area contributed by atoms with Gasteiger partial charge in [-0.25, -0.2) is 9.78 Å². The van der Waals surface area contributed by atoms with Crippen molar-refractivity contribution in [3.63, 3.8) is 0 Å². The quantitative estimate of drug-likeness (QED) is 0.345. The van der Waals surface area contributed by atoms with E-state index in [9.17, 15) is 4.79 Å². The van der Waals surface area contributed by atoms with Crippen molar-refractivity contribution in [3.05, 3.63) is 54.1 Å². The second-order valence-corrected chi connectivity index (χ2v) is 10.9. The highest BCUT2D eigenvalue weighted by Crippen LogP contribution is 2.33. The second-order valence-electron chi connectivity index (χ2n) is 10.9. The number of hydrogen-bond donors (Lipinski definition) is 2. The van der Waals surface area contributed by atoms with Crippen LogP contribution in [-0.4, -0.2) is 66.0 Å². The summed E-state index contributed by atoms with van der Waals surface area (Å²) < 4.78 is 14.5. The summed E-state index contributed by atoms with van der Waals surface area (Å²) in [7, 11) is 1.88. The minimum Gasteiger partial charge on any atom is -0.467 e. The molecule has 1 unspecified atom stereocenters. The molecule has 1 atom stereocenters. The summed E-state index contributed by atoms with van der Waals surface area (Å²) >= 11 is 0. The Hall–Kier alpha value is -4.12. The van der Waals surface area contributed by atoms with Crippen LogP contribution >= 0.6 is 0 Å². The van der Waals surface area contributed by atoms with Crippen molar-refractivity contribution in [2.45, 2.75) is 52.1 Å². The molecule has 2 N–H and O–H groups in total. The summed E-state index contributed by atoms with van der Waals surface area (Å²) in [5.74, 6) is 1.40. The summed E-state index contributed by atoms with van der Waals surface area (Å²) in [6.07, 6.45) is 7.00. The van der Waals surface area contributed by atoms with Crippen LogP contribution in [0.1, 0.15) is 50.8 Å². The molecule has 4 heterocycles. The van der Waals surface area contributed by atoms with Crippen molar-refractivity contribution in [1.82, 2.24) is 29.3 Å². The van der Waals surface area contributed by atoms with E-state index < -0.39 is 5.60 Å². The third-order valence-corrected chi connectivity index (χ3v) is 6.67. The highest BCUT2D eigenvalue weighted by molar-refractivity contribution is 5.78. The monoisotopic (exact) mass is 533 g/mol. The number of carbonyl (C=O) groups excluding carboxylic acids is 1. The maximum absolute atomic E-state index is 12.8. The Bertz CT molecular complexity index is 1490. The molecule has 1 aliphatic heterocycles. The zero-order valence-corrected chi connectivity index (χ0v) is 23.0. The molecule has 0 saturated carbocycles. The molecule has 0 radical (unpaired) electrons. The van der Waals surface area contributed by atoms with Gasteiger partial charge in [0.15, 0.2) is 12.4 Å². The number of benzene rings is 1. The average Bonchev–Trinajstić information content (AvgIpc) is 3.51. The van der Waals surface area contributed by atoms with Crippen LogP contribution in [0.4, 0.5) is 16.3 Å². The van der Waals surface area contributed by atoms with Crippen molar-refractivity contribution in [3.8, 4) is 16.9 Å². The lowest BCUT2D eigenvalue weighted by molar-refractivity contribution is 0.0197. The zero-order valence-electron chi connectivity index (χ0n) is 23.0. The SMILES string of the molecule is Cc1cc(Nc2cc(C3CCCN(C(=O)OC(C)(C)C)C3)nc3c(-c4cnn(C)c4)cnn23)ccc1OCO. The topological polar surface area (TPSA) is 119 Å². The number of fused-ring (bicyclic) bond motifs is 1. The number of rotatable bonds is 6. The van der Waals surface area contributed by atoms with Gasteiger partial charge in [0.05, 0.1) is 18.1 Å². The lowest BCUT2D eigenvalue weighted by Gasteiger charge is -2.34. The lowest BCUT2D eigenvalue weighted by atomic mass is 9.94. The van der Waals surface area contributed by atoms with Crippen LogP contribution in [0.2, 0.25) is 0 Å². The molecule has 0 bridgehead atoms. The number of amides is 1. The van der Waals surface area contributed by atoms with Gasteiger partial charge in [0.2, 0.25) is 0 Å². The van der Waals surface area contributed by atoms with Gasteiger partial charge in [-0.3, -0.25) is 4.68 Å². The van der Waals surface area contributed by atoms with Crippen molar-refractivity contribution >= 4 is 23.2 Å². The molecule has 11 nitrogen and oxygen atoms in total. The first-order valence-electron chi connectivity index (χ1n) is 13.1. The number of ether oxygens (including phenoxy) is 2. The van der Waals surface area contributed by atoms with Gasteiger partial charge in [-0.1, -0.05) is 0 Å². The van der Waals surface area contributed by atoms with Gasteiger partial charge in [0.1, 0.15) is 17.2 Å². The lowest BCUT2D eigenvalue weighted by Crippen LogP contribution is -2.42. The Balaban J connectivity index is 1.53. The van der Waals surface area contributed by atoms with E-state index in [1.165, 1.54) is 0 Å². The number of aryl methyl sites for hydroxylation is 2. The first kappa shape index (κ1) is 26.5. The first-order chi connectivity index (χ1) is 18.6. The van der Waals surface area contributed by atoms with Crippen LogP contribution in [0.15, 0.2) is 42.9 Å². The van der Waals surface area contributed by atoms with Crippen LogP contribution < -0.4 is 10.1 Å². The fourth-order valence-corrected chi connectivity index (χ4v) is 4.86. The Morgan fingerprint density at radius 2 is 2.03 bits per heavy atom. The van der Waals surface area contributed by atoms with Gasteiger partial charge in [-0.05, 0) is 64.3 Å². The summed E-state index contributed by atoms with van der Waals surface area (Å²) in [5.41, 5.74) is 4.55. The number of piperidine rings is 1. The highest BCUT2D eigenvalue weighted by Gasteiger charge is 2.30. The summed E-state index contributed by atoms with van der Waals surface area (Å²) in [6, 6.07) is 7.66. The van der Waals surface area contributed by atoms with Crippen LogP contribution in [0.5, 0.6) is 5.75 Å². The largest absolute Gasteiger partial charge is 0.467 e. The summed E-state index contributed by atoms with van der Waals surface area (Å²) in [5, 5.41) is 21.6. The van der Waals surface area contributed by atoms with Gasteiger partial charge in [-0.15, -0.1) is 0 Å². The Morgan fingerprint density at radius 1 is 1.21 bits per heavy atom. The van der Waals surface area contributed by atoms with Gasteiger partial charge >= 0.3 is 6.09 Å². The number of nitrogens with one attached hydrogen (secondary N) is 1. The minimum absolute atomic E-state index is 0.0375. The van der Waals surface area contributed by atoms with Gasteiger partial charge in [-0.2, -0.15) is 14.7 Å². The second kappa shape index (κ2) is 10.6. The number of nitrogens with zero attached hydrogens (tertiary/aromatic N) is 6. The smallest absolute Gasteiger partial charge is 0.410 e. The zero-order chi connectivity index (χ0) is 27.7. The van der Waals surface area contributed by atoms with Crippen LogP contribution in [-0.2, 0) is 11.8 Å². The molecule has 0 aliphatic carbocycles. The van der Waals surface area contributed by atoms with E-state index in [1.807, 2.05) is 65.2 Å². The Morgan fingerprint density at radius 3 is 2.72 bits per heavy atom. The molecule has 5 rings (SSSR count). The molecule has 1 saturated heterocycles. The molecular weight excluding hydrogens is 498 g/mol. The number of likely N-dealkylation sites (tertiary alicyclic amines) is 1. The molecular formula is C28H35N7O4. The van der Waals surface area contributed by atoms with E-state index in [4.69, 9.17) is 19.6 Å². The number of aliphatic hydroxyl groups is 1. The van der Waals surface area contributed by atoms with Crippen LogP contribution in [0, 0.1) is 6.92 Å². The van der Waals surface area contributed by atoms with E-state index in [1.54, 1.807) is 26.5 Å². The van der Waals surface area contributed by atoms with E-state index in [-0.39, 0.29) is 18.8 Å². The molecule has 1 aliphatic rings. The molecule has 1 amide bonds. The third-order valence-electron chi connectivity index (χ3n) is 6.67. The first-order valence-corrected chi connectivity index (χ1v) is 13.1. The predicted molar refractivity (Wildman–Crippen MR) is 147 cm³/mol. The van der Waals surface area contributed by atoms with Crippen molar-refractivity contribution in [2.75, 3.05) is 25.2 Å². The van der Waals surface area contributed by atoms with Gasteiger partial charge in [0, 0.05) is 55.1 Å². The van der Waals surface area contributed by atoms with Crippen molar-refractivity contribution in [2.24, 2.45) is 7.05 Å². The van der Waals surface area contributed by atoms with Gasteiger partial charge in [0.25, 0.3) is 0 Å². The number of aliphatic hydroxyl groups excluding tert-OH is 1. The molecule has 39 heavy (non-hydrogen) atoms. The third kappa shape index (κ3) is 5.83. The Labute approximate surface area is 227 Å². The summed E-state index contributed by atoms with van der Waals surface area (Å²) in [4.78, 5) is 19.7. The maximum Gasteiger partial charge on any atom is 0.410 e.